The van der Waals surface area contributed by atoms with E-state index in [1.54, 1.807) is 0 Å². The molecule has 0 fully saturated rings. The van der Waals surface area contributed by atoms with Gasteiger partial charge < -0.3 is 10.6 Å². The van der Waals surface area contributed by atoms with Crippen LogP contribution in [-0.4, -0.2) is 38.3 Å². The maximum atomic E-state index is 12.1. The number of H-pyrrole nitrogens is 1. The van der Waals surface area contributed by atoms with Crippen molar-refractivity contribution in [2.24, 2.45) is 0 Å². The standard InChI is InChI=1S/C11H17N5OS/c1-2-16(8-5-3-4-6-8)9(17)7-18-11-13-10(12)14-15-11/h5H,2-4,6-7H2,1H3,(H3,12,13,14,15). The van der Waals surface area contributed by atoms with E-state index in [9.17, 15) is 4.79 Å². The number of nitrogens with zero attached hydrogens (tertiary/aromatic N) is 3. The van der Waals surface area contributed by atoms with E-state index in [1.807, 2.05) is 11.8 Å². The molecule has 0 saturated heterocycles. The van der Waals surface area contributed by atoms with Gasteiger partial charge in [0.25, 0.3) is 0 Å². The van der Waals surface area contributed by atoms with Gasteiger partial charge in [0.15, 0.2) is 0 Å². The third-order valence-electron chi connectivity index (χ3n) is 2.79. The molecule has 1 amide bonds. The van der Waals surface area contributed by atoms with Gasteiger partial charge in [0.1, 0.15) is 0 Å². The number of hydrogen-bond acceptors (Lipinski definition) is 5. The van der Waals surface area contributed by atoms with E-state index in [1.165, 1.54) is 11.8 Å². The van der Waals surface area contributed by atoms with Gasteiger partial charge in [-0.15, -0.1) is 5.10 Å². The van der Waals surface area contributed by atoms with Gasteiger partial charge >= 0.3 is 0 Å². The van der Waals surface area contributed by atoms with Crippen molar-refractivity contribution in [2.75, 3.05) is 18.0 Å². The first-order valence-corrected chi connectivity index (χ1v) is 6.99. The Hall–Kier alpha value is -1.50. The smallest absolute Gasteiger partial charge is 0.237 e. The van der Waals surface area contributed by atoms with Gasteiger partial charge in [0.05, 0.1) is 5.75 Å². The Kier molecular flexibility index (Phi) is 4.24. The van der Waals surface area contributed by atoms with Crippen molar-refractivity contribution >= 4 is 23.6 Å². The van der Waals surface area contributed by atoms with Crippen molar-refractivity contribution in [1.82, 2.24) is 20.1 Å². The van der Waals surface area contributed by atoms with Gasteiger partial charge in [-0.1, -0.05) is 17.8 Å². The first-order chi connectivity index (χ1) is 8.70. The zero-order valence-electron chi connectivity index (χ0n) is 10.3. The summed E-state index contributed by atoms with van der Waals surface area (Å²) >= 11 is 1.30. The van der Waals surface area contributed by atoms with E-state index in [4.69, 9.17) is 5.73 Å². The highest BCUT2D eigenvalue weighted by Crippen LogP contribution is 2.23. The second-order valence-electron chi connectivity index (χ2n) is 4.02. The summed E-state index contributed by atoms with van der Waals surface area (Å²) in [5.41, 5.74) is 6.57. The summed E-state index contributed by atoms with van der Waals surface area (Å²) in [7, 11) is 0. The second kappa shape index (κ2) is 5.90. The van der Waals surface area contributed by atoms with Crippen LogP contribution in [-0.2, 0) is 4.79 Å². The third-order valence-corrected chi connectivity index (χ3v) is 3.62. The van der Waals surface area contributed by atoms with E-state index >= 15 is 0 Å². The Labute approximate surface area is 110 Å². The second-order valence-corrected chi connectivity index (χ2v) is 4.96. The number of carbonyl (C=O) groups excluding carboxylic acids is 1. The molecule has 0 aliphatic heterocycles. The summed E-state index contributed by atoms with van der Waals surface area (Å²) in [4.78, 5) is 17.9. The van der Waals surface area contributed by atoms with Crippen molar-refractivity contribution in [3.8, 4) is 0 Å². The summed E-state index contributed by atoms with van der Waals surface area (Å²) in [6, 6.07) is 0. The number of nitrogens with one attached hydrogen (secondary N) is 1. The Bertz CT molecular complexity index is 456. The normalized spacial score (nSPS) is 14.6. The quantitative estimate of drug-likeness (QED) is 0.787. The third kappa shape index (κ3) is 3.04. The molecule has 0 bridgehead atoms. The lowest BCUT2D eigenvalue weighted by molar-refractivity contribution is -0.126. The fourth-order valence-electron chi connectivity index (χ4n) is 1.97. The minimum absolute atomic E-state index is 0.0963. The molecule has 2 rings (SSSR count). The van der Waals surface area contributed by atoms with Crippen molar-refractivity contribution in [3.63, 3.8) is 0 Å². The molecule has 0 spiro atoms. The van der Waals surface area contributed by atoms with E-state index in [0.29, 0.717) is 17.5 Å². The summed E-state index contributed by atoms with van der Waals surface area (Å²) in [5.74, 6) is 0.706. The maximum Gasteiger partial charge on any atom is 0.237 e. The molecule has 1 heterocycles. The Balaban J connectivity index is 1.89. The average molecular weight is 267 g/mol. The number of hydrogen-bond donors (Lipinski definition) is 2. The van der Waals surface area contributed by atoms with E-state index in [-0.39, 0.29) is 11.9 Å². The Morgan fingerprint density at radius 3 is 3.06 bits per heavy atom. The maximum absolute atomic E-state index is 12.1. The molecule has 1 aromatic rings. The van der Waals surface area contributed by atoms with E-state index < -0.39 is 0 Å². The van der Waals surface area contributed by atoms with Crippen LogP contribution in [0.25, 0.3) is 0 Å². The first kappa shape index (κ1) is 12.9. The fourth-order valence-corrected chi connectivity index (χ4v) is 2.65. The monoisotopic (exact) mass is 267 g/mol. The molecule has 1 aliphatic rings. The number of nitrogen functional groups attached to an aromatic ring is 1. The number of anilines is 1. The van der Waals surface area contributed by atoms with E-state index in [2.05, 4.69) is 21.3 Å². The molecule has 0 unspecified atom stereocenters. The number of nitrogens with two attached hydrogens (primary N) is 1. The fraction of sp³-hybridized carbons (Fsp3) is 0.545. The van der Waals surface area contributed by atoms with Gasteiger partial charge in [0.2, 0.25) is 17.0 Å². The zero-order valence-corrected chi connectivity index (χ0v) is 11.2. The molecular weight excluding hydrogens is 250 g/mol. The summed E-state index contributed by atoms with van der Waals surface area (Å²) in [5, 5.41) is 6.95. The number of thioether (sulfide) groups is 1. The molecule has 1 aliphatic carbocycles. The lowest BCUT2D eigenvalue weighted by Gasteiger charge is -2.21. The molecule has 3 N–H and O–H groups in total. The highest BCUT2D eigenvalue weighted by Gasteiger charge is 2.19. The summed E-state index contributed by atoms with van der Waals surface area (Å²) in [6.07, 6.45) is 5.36. The van der Waals surface area contributed by atoms with Gasteiger partial charge in [-0.3, -0.25) is 4.79 Å². The largest absolute Gasteiger partial charge is 0.368 e. The van der Waals surface area contributed by atoms with Crippen molar-refractivity contribution < 1.29 is 4.79 Å². The number of rotatable bonds is 5. The highest BCUT2D eigenvalue weighted by molar-refractivity contribution is 7.99. The van der Waals surface area contributed by atoms with E-state index in [0.717, 1.165) is 25.0 Å². The number of amides is 1. The van der Waals surface area contributed by atoms with Crippen molar-refractivity contribution in [3.05, 3.63) is 11.8 Å². The van der Waals surface area contributed by atoms with Gasteiger partial charge in [-0.2, -0.15) is 4.98 Å². The lowest BCUT2D eigenvalue weighted by Crippen LogP contribution is -2.31. The highest BCUT2D eigenvalue weighted by atomic mass is 32.2. The molecule has 18 heavy (non-hydrogen) atoms. The van der Waals surface area contributed by atoms with Crippen LogP contribution in [0.2, 0.25) is 0 Å². The van der Waals surface area contributed by atoms with Crippen LogP contribution in [0.3, 0.4) is 0 Å². The first-order valence-electron chi connectivity index (χ1n) is 6.00. The average Bonchev–Trinajstić information content (AvgIpc) is 2.99. The zero-order chi connectivity index (χ0) is 13.0. The van der Waals surface area contributed by atoms with Gasteiger partial charge in [-0.25, -0.2) is 5.10 Å². The van der Waals surface area contributed by atoms with Crippen LogP contribution in [0.4, 0.5) is 5.95 Å². The topological polar surface area (TPSA) is 87.9 Å². The molecule has 0 saturated carbocycles. The SMILES string of the molecule is CCN(C(=O)CSc1n[nH]c(N)n1)C1=CCCC1. The minimum atomic E-state index is 0.0963. The van der Waals surface area contributed by atoms with Crippen LogP contribution >= 0.6 is 11.8 Å². The summed E-state index contributed by atoms with van der Waals surface area (Å²) < 4.78 is 0. The number of allylic oxidation sites excluding steroid dienone is 2. The molecule has 0 aromatic carbocycles. The van der Waals surface area contributed by atoms with Gasteiger partial charge in [0, 0.05) is 12.2 Å². The number of aromatic amines is 1. The van der Waals surface area contributed by atoms with Crippen LogP contribution in [0.15, 0.2) is 16.9 Å². The van der Waals surface area contributed by atoms with Crippen LogP contribution in [0.1, 0.15) is 26.2 Å². The molecular formula is C11H17N5OS. The number of carbonyl (C=O) groups is 1. The summed E-state index contributed by atoms with van der Waals surface area (Å²) in [6.45, 7) is 2.70. The molecule has 7 heteroatoms. The van der Waals surface area contributed by atoms with Gasteiger partial charge in [-0.05, 0) is 26.2 Å². The lowest BCUT2D eigenvalue weighted by atomic mass is 10.3. The molecule has 0 radical (unpaired) electrons. The predicted molar refractivity (Wildman–Crippen MR) is 70.8 cm³/mol. The number of aromatic nitrogens is 3. The molecule has 6 nitrogen and oxygen atoms in total. The predicted octanol–water partition coefficient (Wildman–Crippen LogP) is 1.40. The Morgan fingerprint density at radius 2 is 2.50 bits per heavy atom. The van der Waals surface area contributed by atoms with Crippen molar-refractivity contribution in [1.29, 1.82) is 0 Å². The molecule has 98 valence electrons. The van der Waals surface area contributed by atoms with Crippen LogP contribution in [0.5, 0.6) is 0 Å². The molecule has 0 atom stereocenters. The Morgan fingerprint density at radius 1 is 1.67 bits per heavy atom. The van der Waals surface area contributed by atoms with Crippen LogP contribution < -0.4 is 5.73 Å². The molecule has 1 aromatic heterocycles. The minimum Gasteiger partial charge on any atom is -0.368 e. The van der Waals surface area contributed by atoms with Crippen molar-refractivity contribution in [2.45, 2.75) is 31.3 Å². The van der Waals surface area contributed by atoms with Crippen LogP contribution in [0, 0.1) is 0 Å².